The molecular weight excluding hydrogens is 362 g/mol. The van der Waals surface area contributed by atoms with Crippen LogP contribution in [0.3, 0.4) is 0 Å². The molecule has 0 amide bonds. The van der Waals surface area contributed by atoms with Crippen LogP contribution >= 0.6 is 0 Å². The Bertz CT molecular complexity index is 1130. The summed E-state index contributed by atoms with van der Waals surface area (Å²) in [4.78, 5) is 29.0. The second-order valence-electron chi connectivity index (χ2n) is 7.50. The molecule has 5 nitrogen and oxygen atoms in total. The van der Waals surface area contributed by atoms with Crippen molar-refractivity contribution in [2.45, 2.75) is 12.8 Å². The zero-order valence-corrected chi connectivity index (χ0v) is 15.9. The van der Waals surface area contributed by atoms with Crippen LogP contribution in [0.2, 0.25) is 0 Å². The fraction of sp³-hybridized carbons (Fsp3) is 0.167. The number of nitrogens with zero attached hydrogens (tertiary/aromatic N) is 1. The zero-order valence-electron chi connectivity index (χ0n) is 15.9. The standard InChI is InChI=1S/C24H21N3O2/c25-22-19(27-12-6-7-13-27)14-18(26-15-8-2-1-3-9-15)20-21(22)24(29)17-11-5-4-10-16(17)23(20)28/h1-5,8-11,14,26H,6-7,12-13,25H2. The molecule has 0 spiro atoms. The number of nitrogen functional groups attached to an aromatic ring is 1. The van der Waals surface area contributed by atoms with Crippen molar-refractivity contribution in [3.05, 3.63) is 82.9 Å². The van der Waals surface area contributed by atoms with Crippen LogP contribution in [0.15, 0.2) is 60.7 Å². The van der Waals surface area contributed by atoms with Gasteiger partial charge >= 0.3 is 0 Å². The minimum atomic E-state index is -0.190. The van der Waals surface area contributed by atoms with E-state index in [0.717, 1.165) is 37.3 Å². The number of fused-ring (bicyclic) bond motifs is 2. The lowest BCUT2D eigenvalue weighted by Crippen LogP contribution is -2.26. The van der Waals surface area contributed by atoms with Crippen LogP contribution in [0.1, 0.15) is 44.7 Å². The number of nitrogens with two attached hydrogens (primary N) is 1. The minimum absolute atomic E-state index is 0.173. The van der Waals surface area contributed by atoms with Crippen LogP contribution in [0, 0.1) is 0 Å². The molecule has 3 aromatic carbocycles. The highest BCUT2D eigenvalue weighted by Crippen LogP contribution is 2.42. The molecule has 29 heavy (non-hydrogen) atoms. The topological polar surface area (TPSA) is 75.4 Å². The van der Waals surface area contributed by atoms with Crippen molar-refractivity contribution in [2.75, 3.05) is 29.0 Å². The molecule has 5 rings (SSSR count). The Morgan fingerprint density at radius 2 is 1.38 bits per heavy atom. The lowest BCUT2D eigenvalue weighted by Gasteiger charge is -2.27. The van der Waals surface area contributed by atoms with Gasteiger partial charge in [-0.15, -0.1) is 0 Å². The molecule has 144 valence electrons. The molecule has 3 N–H and O–H groups in total. The van der Waals surface area contributed by atoms with Crippen LogP contribution in [0.25, 0.3) is 0 Å². The van der Waals surface area contributed by atoms with E-state index in [1.165, 1.54) is 0 Å². The van der Waals surface area contributed by atoms with Crippen LogP contribution in [0.5, 0.6) is 0 Å². The van der Waals surface area contributed by atoms with Crippen LogP contribution in [0.4, 0.5) is 22.7 Å². The number of nitrogens with one attached hydrogen (secondary N) is 1. The van der Waals surface area contributed by atoms with E-state index in [9.17, 15) is 9.59 Å². The number of benzene rings is 3. The summed E-state index contributed by atoms with van der Waals surface area (Å²) >= 11 is 0. The first-order chi connectivity index (χ1) is 14.1. The Labute approximate surface area is 169 Å². The third-order valence-corrected chi connectivity index (χ3v) is 5.72. The van der Waals surface area contributed by atoms with Gasteiger partial charge in [-0.1, -0.05) is 42.5 Å². The molecule has 0 bridgehead atoms. The van der Waals surface area contributed by atoms with E-state index in [4.69, 9.17) is 5.73 Å². The molecule has 1 aliphatic heterocycles. The van der Waals surface area contributed by atoms with E-state index < -0.39 is 0 Å². The average molecular weight is 383 g/mol. The van der Waals surface area contributed by atoms with E-state index in [1.807, 2.05) is 36.4 Å². The maximum absolute atomic E-state index is 13.4. The number of carbonyl (C=O) groups is 2. The highest BCUT2D eigenvalue weighted by Gasteiger charge is 2.35. The van der Waals surface area contributed by atoms with Crippen molar-refractivity contribution >= 4 is 34.3 Å². The van der Waals surface area contributed by atoms with Crippen molar-refractivity contribution in [3.63, 3.8) is 0 Å². The summed E-state index contributed by atoms with van der Waals surface area (Å²) in [6.07, 6.45) is 2.18. The van der Waals surface area contributed by atoms with Crippen LogP contribution < -0.4 is 16.0 Å². The highest BCUT2D eigenvalue weighted by molar-refractivity contribution is 6.32. The number of hydrogen-bond acceptors (Lipinski definition) is 5. The van der Waals surface area contributed by atoms with Crippen molar-refractivity contribution in [2.24, 2.45) is 0 Å². The summed E-state index contributed by atoms with van der Waals surface area (Å²) in [5, 5.41) is 3.35. The van der Waals surface area contributed by atoms with E-state index >= 15 is 0 Å². The fourth-order valence-corrected chi connectivity index (χ4v) is 4.30. The second kappa shape index (κ2) is 6.78. The monoisotopic (exact) mass is 383 g/mol. The smallest absolute Gasteiger partial charge is 0.196 e. The van der Waals surface area contributed by atoms with Gasteiger partial charge in [-0.2, -0.15) is 0 Å². The van der Waals surface area contributed by atoms with Gasteiger partial charge in [0.15, 0.2) is 11.6 Å². The number of rotatable bonds is 3. The largest absolute Gasteiger partial charge is 0.396 e. The SMILES string of the molecule is Nc1c(N2CCCC2)cc(Nc2ccccc2)c2c1C(=O)c1ccccc1C2=O. The average Bonchev–Trinajstić information content (AvgIpc) is 3.28. The van der Waals surface area contributed by atoms with Gasteiger partial charge in [0.25, 0.3) is 0 Å². The predicted molar refractivity (Wildman–Crippen MR) is 115 cm³/mol. The first-order valence-corrected chi connectivity index (χ1v) is 9.87. The third kappa shape index (κ3) is 2.78. The summed E-state index contributed by atoms with van der Waals surface area (Å²) in [6, 6.07) is 18.5. The maximum atomic E-state index is 13.4. The molecular formula is C24H21N3O2. The second-order valence-corrected chi connectivity index (χ2v) is 7.50. The van der Waals surface area contributed by atoms with Gasteiger partial charge in [0.1, 0.15) is 0 Å². The molecule has 2 aliphatic rings. The summed E-state index contributed by atoms with van der Waals surface area (Å²) in [6.45, 7) is 1.79. The molecule has 5 heteroatoms. The van der Waals surface area contributed by atoms with E-state index in [2.05, 4.69) is 10.2 Å². The molecule has 3 aromatic rings. The molecule has 1 fully saturated rings. The lowest BCUT2D eigenvalue weighted by atomic mass is 9.81. The van der Waals surface area contributed by atoms with Crippen molar-refractivity contribution in [1.82, 2.24) is 0 Å². The van der Waals surface area contributed by atoms with Crippen LogP contribution in [-0.2, 0) is 0 Å². The van der Waals surface area contributed by atoms with Gasteiger partial charge < -0.3 is 16.0 Å². The molecule has 1 saturated heterocycles. The number of anilines is 4. The van der Waals surface area contributed by atoms with Gasteiger partial charge in [-0.3, -0.25) is 9.59 Å². The number of hydrogen-bond donors (Lipinski definition) is 2. The molecule has 1 heterocycles. The molecule has 0 saturated carbocycles. The Kier molecular flexibility index (Phi) is 4.09. The van der Waals surface area contributed by atoms with Gasteiger partial charge in [-0.05, 0) is 31.0 Å². The third-order valence-electron chi connectivity index (χ3n) is 5.72. The minimum Gasteiger partial charge on any atom is -0.396 e. The van der Waals surface area contributed by atoms with E-state index in [1.54, 1.807) is 24.3 Å². The normalized spacial score (nSPS) is 15.2. The summed E-state index contributed by atoms with van der Waals surface area (Å²) in [5.41, 5.74) is 10.7. The zero-order chi connectivity index (χ0) is 20.0. The predicted octanol–water partition coefficient (Wildman–Crippen LogP) is 4.39. The quantitative estimate of drug-likeness (QED) is 0.513. The molecule has 1 aliphatic carbocycles. The number of carbonyl (C=O) groups excluding carboxylic acids is 2. The summed E-state index contributed by atoms with van der Waals surface area (Å²) < 4.78 is 0. The summed E-state index contributed by atoms with van der Waals surface area (Å²) in [5.74, 6) is -0.363. The van der Waals surface area contributed by atoms with Gasteiger partial charge in [-0.25, -0.2) is 0 Å². The Morgan fingerprint density at radius 1 is 0.793 bits per heavy atom. The van der Waals surface area contributed by atoms with Gasteiger partial charge in [0, 0.05) is 29.9 Å². The van der Waals surface area contributed by atoms with E-state index in [0.29, 0.717) is 33.6 Å². The number of ketones is 2. The Hall–Kier alpha value is -3.60. The Morgan fingerprint density at radius 3 is 2.03 bits per heavy atom. The fourth-order valence-electron chi connectivity index (χ4n) is 4.30. The maximum Gasteiger partial charge on any atom is 0.196 e. The highest BCUT2D eigenvalue weighted by atomic mass is 16.1. The van der Waals surface area contributed by atoms with Crippen molar-refractivity contribution < 1.29 is 9.59 Å². The summed E-state index contributed by atoms with van der Waals surface area (Å²) in [7, 11) is 0. The molecule has 0 aromatic heterocycles. The van der Waals surface area contributed by atoms with Crippen molar-refractivity contribution in [1.29, 1.82) is 0 Å². The first kappa shape index (κ1) is 17.5. The molecule has 0 atom stereocenters. The number of para-hydroxylation sites is 1. The molecule has 0 radical (unpaired) electrons. The first-order valence-electron chi connectivity index (χ1n) is 9.87. The molecule has 0 unspecified atom stereocenters. The van der Waals surface area contributed by atoms with Crippen molar-refractivity contribution in [3.8, 4) is 0 Å². The Balaban J connectivity index is 1.75. The lowest BCUT2D eigenvalue weighted by molar-refractivity contribution is 0.0980. The van der Waals surface area contributed by atoms with E-state index in [-0.39, 0.29) is 11.6 Å². The van der Waals surface area contributed by atoms with Gasteiger partial charge in [0.2, 0.25) is 0 Å². The van der Waals surface area contributed by atoms with Crippen LogP contribution in [-0.4, -0.2) is 24.7 Å². The van der Waals surface area contributed by atoms with Gasteiger partial charge in [0.05, 0.1) is 28.2 Å².